The van der Waals surface area contributed by atoms with Gasteiger partial charge >= 0.3 is 5.97 Å². The summed E-state index contributed by atoms with van der Waals surface area (Å²) in [6, 6.07) is 16.4. The van der Waals surface area contributed by atoms with Gasteiger partial charge in [0.25, 0.3) is 10.0 Å². The first kappa shape index (κ1) is 23.4. The van der Waals surface area contributed by atoms with Gasteiger partial charge in [0.1, 0.15) is 15.6 Å². The lowest BCUT2D eigenvalue weighted by molar-refractivity contribution is -0.141. The lowest BCUT2D eigenvalue weighted by Crippen LogP contribution is -2.50. The van der Waals surface area contributed by atoms with Crippen LogP contribution in [0, 0.1) is 0 Å². The summed E-state index contributed by atoms with van der Waals surface area (Å²) in [7, 11) is -3.94. The van der Waals surface area contributed by atoms with Crippen molar-refractivity contribution in [2.45, 2.75) is 22.0 Å². The van der Waals surface area contributed by atoms with Gasteiger partial charge in [0, 0.05) is 24.9 Å². The van der Waals surface area contributed by atoms with Crippen LogP contribution in [0.15, 0.2) is 71.1 Å². The highest BCUT2D eigenvalue weighted by atomic mass is 32.2. The van der Waals surface area contributed by atoms with Gasteiger partial charge in [-0.1, -0.05) is 36.4 Å². The number of thiophene rings is 1. The van der Waals surface area contributed by atoms with Crippen LogP contribution in [-0.2, 0) is 26.0 Å². The molecule has 2 aromatic heterocycles. The summed E-state index contributed by atoms with van der Waals surface area (Å²) in [5, 5.41) is 11.1. The SMILES string of the molecule is O=C(N[C@@H](Cc1ccccc1)C(=O)O)C1SCCN1S(=O)(=O)c1ccc(-c2ccccn2)s1. The molecule has 1 aliphatic heterocycles. The van der Waals surface area contributed by atoms with E-state index in [4.69, 9.17) is 0 Å². The summed E-state index contributed by atoms with van der Waals surface area (Å²) in [6.07, 6.45) is 1.74. The predicted molar refractivity (Wildman–Crippen MR) is 127 cm³/mol. The maximum Gasteiger partial charge on any atom is 0.326 e. The summed E-state index contributed by atoms with van der Waals surface area (Å²) in [4.78, 5) is 29.6. The quantitative estimate of drug-likeness (QED) is 0.485. The molecule has 3 aromatic rings. The molecular formula is C22H21N3O5S3. The molecule has 0 saturated carbocycles. The van der Waals surface area contributed by atoms with Gasteiger partial charge in [-0.3, -0.25) is 9.78 Å². The molecule has 11 heteroatoms. The van der Waals surface area contributed by atoms with Gasteiger partial charge < -0.3 is 10.4 Å². The number of hydrogen-bond acceptors (Lipinski definition) is 7. The number of amides is 1. The number of aromatic nitrogens is 1. The normalized spacial score (nSPS) is 17.5. The van der Waals surface area contributed by atoms with Crippen molar-refractivity contribution in [3.05, 3.63) is 72.4 Å². The number of pyridine rings is 1. The van der Waals surface area contributed by atoms with E-state index in [9.17, 15) is 23.1 Å². The molecule has 2 N–H and O–H groups in total. The smallest absolute Gasteiger partial charge is 0.326 e. The number of hydrogen-bond donors (Lipinski definition) is 2. The van der Waals surface area contributed by atoms with Crippen molar-refractivity contribution in [3.8, 4) is 10.6 Å². The highest BCUT2D eigenvalue weighted by molar-refractivity contribution is 8.02. The molecule has 1 unspecified atom stereocenters. The Morgan fingerprint density at radius 1 is 1.12 bits per heavy atom. The van der Waals surface area contributed by atoms with E-state index >= 15 is 0 Å². The van der Waals surface area contributed by atoms with E-state index in [0.717, 1.165) is 21.2 Å². The minimum absolute atomic E-state index is 0.102. The second-order valence-electron chi connectivity index (χ2n) is 7.26. The van der Waals surface area contributed by atoms with Gasteiger partial charge in [-0.2, -0.15) is 4.31 Å². The molecular weight excluding hydrogens is 482 g/mol. The van der Waals surface area contributed by atoms with E-state index in [2.05, 4.69) is 10.3 Å². The van der Waals surface area contributed by atoms with Crippen molar-refractivity contribution in [3.63, 3.8) is 0 Å². The van der Waals surface area contributed by atoms with Crippen molar-refractivity contribution in [1.82, 2.24) is 14.6 Å². The monoisotopic (exact) mass is 503 g/mol. The molecule has 8 nitrogen and oxygen atoms in total. The zero-order valence-corrected chi connectivity index (χ0v) is 19.8. The predicted octanol–water partition coefficient (Wildman–Crippen LogP) is 2.69. The molecule has 1 saturated heterocycles. The van der Waals surface area contributed by atoms with E-state index in [1.54, 1.807) is 48.7 Å². The van der Waals surface area contributed by atoms with Crippen molar-refractivity contribution >= 4 is 45.0 Å². The summed E-state index contributed by atoms with van der Waals surface area (Å²) in [5.74, 6) is -1.37. The van der Waals surface area contributed by atoms with Gasteiger partial charge in [-0.25, -0.2) is 13.2 Å². The molecule has 33 heavy (non-hydrogen) atoms. The van der Waals surface area contributed by atoms with Gasteiger partial charge in [0.05, 0.1) is 10.6 Å². The Balaban J connectivity index is 1.51. The van der Waals surface area contributed by atoms with Crippen molar-refractivity contribution in [2.24, 2.45) is 0 Å². The minimum atomic E-state index is -3.94. The first-order valence-corrected chi connectivity index (χ1v) is 13.4. The molecule has 1 fully saturated rings. The number of carboxylic acids is 1. The third kappa shape index (κ3) is 5.27. The average Bonchev–Trinajstić information content (AvgIpc) is 3.51. The Bertz CT molecular complexity index is 1230. The molecule has 0 bridgehead atoms. The zero-order valence-electron chi connectivity index (χ0n) is 17.3. The number of aliphatic carboxylic acids is 1. The number of benzene rings is 1. The first-order valence-electron chi connectivity index (χ1n) is 10.1. The lowest BCUT2D eigenvalue weighted by Gasteiger charge is -2.23. The van der Waals surface area contributed by atoms with Gasteiger partial charge in [-0.05, 0) is 29.8 Å². The fourth-order valence-electron chi connectivity index (χ4n) is 3.42. The standard InChI is InChI=1S/C22H21N3O5S3/c26-20(24-17(22(27)28)14-15-6-2-1-3-7-15)21-25(12-13-31-21)33(29,30)19-10-9-18(32-19)16-8-4-5-11-23-16/h1-11,17,21H,12-14H2,(H,24,26)(H,27,28)/t17-,21?/m0/s1. The largest absolute Gasteiger partial charge is 0.480 e. The Morgan fingerprint density at radius 3 is 2.58 bits per heavy atom. The fraction of sp³-hybridized carbons (Fsp3) is 0.227. The van der Waals surface area contributed by atoms with Gasteiger partial charge in [0.2, 0.25) is 5.91 Å². The number of rotatable bonds is 8. The molecule has 1 amide bonds. The summed E-state index contributed by atoms with van der Waals surface area (Å²) >= 11 is 2.26. The van der Waals surface area contributed by atoms with E-state index < -0.39 is 33.3 Å². The third-order valence-electron chi connectivity index (χ3n) is 5.03. The average molecular weight is 504 g/mol. The highest BCUT2D eigenvalue weighted by Crippen LogP contribution is 2.35. The van der Waals surface area contributed by atoms with Crippen LogP contribution in [0.5, 0.6) is 0 Å². The van der Waals surface area contributed by atoms with Crippen LogP contribution >= 0.6 is 23.1 Å². The van der Waals surface area contributed by atoms with E-state index in [1.165, 1.54) is 17.8 Å². The lowest BCUT2D eigenvalue weighted by atomic mass is 10.1. The van der Waals surface area contributed by atoms with Crippen LogP contribution in [0.25, 0.3) is 10.6 Å². The molecule has 3 heterocycles. The van der Waals surface area contributed by atoms with Gasteiger partial charge in [0.15, 0.2) is 0 Å². The van der Waals surface area contributed by atoms with Crippen LogP contribution in [-0.4, -0.2) is 58.4 Å². The summed E-state index contributed by atoms with van der Waals surface area (Å²) in [6.45, 7) is 0.165. The van der Waals surface area contributed by atoms with Crippen LogP contribution < -0.4 is 5.32 Å². The van der Waals surface area contributed by atoms with Crippen molar-refractivity contribution in [1.29, 1.82) is 0 Å². The Hall–Kier alpha value is -2.73. The molecule has 1 aliphatic rings. The maximum atomic E-state index is 13.3. The fourth-order valence-corrected chi connectivity index (χ4v) is 7.92. The van der Waals surface area contributed by atoms with E-state index in [-0.39, 0.29) is 17.2 Å². The number of carbonyl (C=O) groups excluding carboxylic acids is 1. The third-order valence-corrected chi connectivity index (χ3v) is 9.81. The van der Waals surface area contributed by atoms with E-state index in [1.807, 2.05) is 12.1 Å². The van der Waals surface area contributed by atoms with Crippen LogP contribution in [0.1, 0.15) is 5.56 Å². The summed E-state index contributed by atoms with van der Waals surface area (Å²) < 4.78 is 27.9. The van der Waals surface area contributed by atoms with Crippen LogP contribution in [0.2, 0.25) is 0 Å². The topological polar surface area (TPSA) is 117 Å². The first-order chi connectivity index (χ1) is 15.9. The highest BCUT2D eigenvalue weighted by Gasteiger charge is 2.41. The molecule has 4 rings (SSSR count). The minimum Gasteiger partial charge on any atom is -0.480 e. The Kier molecular flexibility index (Phi) is 7.13. The molecule has 1 aromatic carbocycles. The number of carboxylic acid groups (broad SMARTS) is 1. The van der Waals surface area contributed by atoms with Gasteiger partial charge in [-0.15, -0.1) is 23.1 Å². The van der Waals surface area contributed by atoms with Crippen LogP contribution in [0.3, 0.4) is 0 Å². The molecule has 2 atom stereocenters. The second kappa shape index (κ2) is 10.0. The summed E-state index contributed by atoms with van der Waals surface area (Å²) in [5.41, 5.74) is 1.42. The molecule has 0 spiro atoms. The molecule has 0 aliphatic carbocycles. The maximum absolute atomic E-state index is 13.3. The zero-order chi connectivity index (χ0) is 23.4. The number of nitrogens with one attached hydrogen (secondary N) is 1. The van der Waals surface area contributed by atoms with Crippen molar-refractivity contribution < 1.29 is 23.1 Å². The Labute approximate surface area is 199 Å². The second-order valence-corrected chi connectivity index (χ2v) is 11.7. The number of sulfonamides is 1. The Morgan fingerprint density at radius 2 is 1.88 bits per heavy atom. The number of thioether (sulfide) groups is 1. The molecule has 0 radical (unpaired) electrons. The number of nitrogens with zero attached hydrogens (tertiary/aromatic N) is 2. The molecule has 172 valence electrons. The van der Waals surface area contributed by atoms with Crippen LogP contribution in [0.4, 0.5) is 0 Å². The number of carbonyl (C=O) groups is 2. The van der Waals surface area contributed by atoms with E-state index in [0.29, 0.717) is 16.3 Å². The van der Waals surface area contributed by atoms with Crippen molar-refractivity contribution in [2.75, 3.05) is 12.3 Å².